The fourth-order valence-electron chi connectivity index (χ4n) is 4.54. The maximum Gasteiger partial charge on any atom is 0.573 e. The SMILES string of the molecule is C#C.CC.CC.CCCCCN(C)Cc1cc(F)c(C(=O)N2CCCC2)cc1C1CC1.Oc1cc(Cl)cc(OC(F)(F)F)c1. The van der Waals surface area contributed by atoms with E-state index in [1.54, 1.807) is 11.0 Å². The first-order valence-corrected chi connectivity index (χ1v) is 15.7. The van der Waals surface area contributed by atoms with Crippen LogP contribution < -0.4 is 4.74 Å². The molecule has 0 bridgehead atoms. The summed E-state index contributed by atoms with van der Waals surface area (Å²) in [6.45, 7) is 13.5. The van der Waals surface area contributed by atoms with Gasteiger partial charge in [-0.2, -0.15) is 0 Å². The number of halogens is 5. The Hall–Kier alpha value is -2.96. The molecule has 2 aliphatic rings. The van der Waals surface area contributed by atoms with Gasteiger partial charge in [-0.15, -0.1) is 26.0 Å². The number of aromatic hydroxyl groups is 1. The standard InChI is InChI=1S/C21H31FN2O.C7H4ClF3O2.2C2H6.C2H2/c1-3-4-5-10-23(2)15-17-13-20(22)19(14-18(17)16-8-9-16)21(25)24-11-6-7-12-24;8-4-1-5(12)3-6(2-4)13-7(9,10)11;3*1-2/h13-14,16H,3-12,15H2,1-2H3;1-3,12H;2*1-2H3;1-2H. The summed E-state index contributed by atoms with van der Waals surface area (Å²) in [6, 6.07) is 6.37. The maximum absolute atomic E-state index is 14.7. The van der Waals surface area contributed by atoms with Gasteiger partial charge in [-0.3, -0.25) is 4.79 Å². The summed E-state index contributed by atoms with van der Waals surface area (Å²) < 4.78 is 53.2. The lowest BCUT2D eigenvalue weighted by Crippen LogP contribution is -2.29. The Kier molecular flexibility index (Phi) is 20.2. The lowest BCUT2D eigenvalue weighted by molar-refractivity contribution is -0.274. The number of alkyl halides is 3. The third-order valence-electron chi connectivity index (χ3n) is 6.54. The van der Waals surface area contributed by atoms with Gasteiger partial charge in [-0.05, 0) is 87.0 Å². The highest BCUT2D eigenvalue weighted by molar-refractivity contribution is 6.30. The van der Waals surface area contributed by atoms with Crippen molar-refractivity contribution in [2.24, 2.45) is 0 Å². The van der Waals surface area contributed by atoms with Crippen LogP contribution in [0.2, 0.25) is 5.02 Å². The number of phenols is 1. The number of amides is 1. The largest absolute Gasteiger partial charge is 0.573 e. The Morgan fingerprint density at radius 3 is 2.14 bits per heavy atom. The zero-order valence-corrected chi connectivity index (χ0v) is 27.7. The number of rotatable bonds is 9. The highest BCUT2D eigenvalue weighted by atomic mass is 35.5. The molecule has 248 valence electrons. The quantitative estimate of drug-likeness (QED) is 0.168. The van der Waals surface area contributed by atoms with Gasteiger partial charge in [0.05, 0.1) is 5.56 Å². The highest BCUT2D eigenvalue weighted by Crippen LogP contribution is 2.43. The average Bonchev–Trinajstić information content (AvgIpc) is 3.67. The average molecular weight is 645 g/mol. The normalized spacial score (nSPS) is 13.6. The monoisotopic (exact) mass is 644 g/mol. The van der Waals surface area contributed by atoms with Crippen molar-refractivity contribution in [1.29, 1.82) is 0 Å². The fourth-order valence-corrected chi connectivity index (χ4v) is 4.76. The van der Waals surface area contributed by atoms with E-state index in [-0.39, 0.29) is 28.1 Å². The summed E-state index contributed by atoms with van der Waals surface area (Å²) in [4.78, 5) is 16.7. The second-order valence-electron chi connectivity index (χ2n) is 9.94. The third-order valence-corrected chi connectivity index (χ3v) is 6.76. The number of unbranched alkanes of at least 4 members (excludes halogenated alkanes) is 2. The van der Waals surface area contributed by atoms with Crippen molar-refractivity contribution in [3.05, 3.63) is 57.9 Å². The van der Waals surface area contributed by atoms with Crippen LogP contribution in [0.1, 0.15) is 107 Å². The molecule has 0 spiro atoms. The molecule has 1 N–H and O–H groups in total. The molecule has 44 heavy (non-hydrogen) atoms. The Morgan fingerprint density at radius 1 is 1.05 bits per heavy atom. The van der Waals surface area contributed by atoms with E-state index < -0.39 is 12.1 Å². The first-order valence-electron chi connectivity index (χ1n) is 15.4. The van der Waals surface area contributed by atoms with E-state index in [0.717, 1.165) is 75.6 Å². The van der Waals surface area contributed by atoms with Crippen molar-refractivity contribution in [2.45, 2.75) is 98.4 Å². The first-order chi connectivity index (χ1) is 21.0. The number of phenolic OH excluding ortho intramolecular Hbond substituents is 1. The van der Waals surface area contributed by atoms with Crippen molar-refractivity contribution < 1.29 is 32.2 Å². The van der Waals surface area contributed by atoms with Crippen LogP contribution in [0.5, 0.6) is 11.5 Å². The molecule has 0 unspecified atom stereocenters. The lowest BCUT2D eigenvalue weighted by Gasteiger charge is -2.21. The second kappa shape index (κ2) is 21.7. The van der Waals surface area contributed by atoms with Crippen LogP contribution in [0.4, 0.5) is 17.6 Å². The third kappa shape index (κ3) is 15.2. The van der Waals surface area contributed by atoms with Gasteiger partial charge >= 0.3 is 6.36 Å². The van der Waals surface area contributed by atoms with Gasteiger partial charge in [-0.25, -0.2) is 4.39 Å². The highest BCUT2D eigenvalue weighted by Gasteiger charge is 2.32. The number of ether oxygens (including phenoxy) is 1. The first kappa shape index (κ1) is 41.0. The van der Waals surface area contributed by atoms with Crippen molar-refractivity contribution in [3.63, 3.8) is 0 Å². The van der Waals surface area contributed by atoms with Crippen molar-refractivity contribution in [3.8, 4) is 24.3 Å². The van der Waals surface area contributed by atoms with E-state index in [2.05, 4.69) is 36.5 Å². The number of carbonyl (C=O) groups is 1. The molecule has 1 aliphatic carbocycles. The summed E-state index contributed by atoms with van der Waals surface area (Å²) >= 11 is 5.37. The number of terminal acetylenes is 1. The summed E-state index contributed by atoms with van der Waals surface area (Å²) in [5.41, 5.74) is 2.55. The fraction of sp³-hybridized carbons (Fsp3) is 0.559. The molecule has 10 heteroatoms. The number of hydrogen-bond donors (Lipinski definition) is 1. The predicted molar refractivity (Wildman–Crippen MR) is 172 cm³/mol. The summed E-state index contributed by atoms with van der Waals surface area (Å²) in [5, 5.41) is 8.83. The number of hydrogen-bond acceptors (Lipinski definition) is 4. The number of benzene rings is 2. The van der Waals surface area contributed by atoms with Crippen molar-refractivity contribution >= 4 is 17.5 Å². The van der Waals surface area contributed by atoms with E-state index in [1.165, 1.54) is 24.8 Å². The van der Waals surface area contributed by atoms with Gasteiger partial charge in [0, 0.05) is 30.7 Å². The number of likely N-dealkylation sites (tertiary alicyclic amines) is 1. The Morgan fingerprint density at radius 2 is 1.64 bits per heavy atom. The molecule has 0 radical (unpaired) electrons. The lowest BCUT2D eigenvalue weighted by atomic mass is 9.98. The van der Waals surface area contributed by atoms with E-state index in [4.69, 9.17) is 16.7 Å². The van der Waals surface area contributed by atoms with Crippen LogP contribution in [0.25, 0.3) is 0 Å². The molecule has 1 aliphatic heterocycles. The minimum Gasteiger partial charge on any atom is -0.508 e. The van der Waals surface area contributed by atoms with Crippen molar-refractivity contribution in [1.82, 2.24) is 9.80 Å². The smallest absolute Gasteiger partial charge is 0.508 e. The van der Waals surface area contributed by atoms with E-state index in [9.17, 15) is 22.4 Å². The van der Waals surface area contributed by atoms with E-state index in [1.807, 2.05) is 33.8 Å². The van der Waals surface area contributed by atoms with Gasteiger partial charge in [-0.1, -0.05) is 59.1 Å². The van der Waals surface area contributed by atoms with Crippen LogP contribution in [-0.4, -0.2) is 53.9 Å². The minimum atomic E-state index is -4.78. The molecule has 2 aromatic rings. The molecular weight excluding hydrogens is 596 g/mol. The van der Waals surface area contributed by atoms with E-state index in [0.29, 0.717) is 5.92 Å². The molecular formula is C34H49ClF4N2O3. The Balaban J connectivity index is 0.000000822. The van der Waals surface area contributed by atoms with Gasteiger partial charge in [0.2, 0.25) is 0 Å². The summed E-state index contributed by atoms with van der Waals surface area (Å²) in [5.74, 6) is -0.882. The van der Waals surface area contributed by atoms with E-state index >= 15 is 0 Å². The maximum atomic E-state index is 14.7. The van der Waals surface area contributed by atoms with Gasteiger partial charge in [0.1, 0.15) is 17.3 Å². The zero-order chi connectivity index (χ0) is 33.9. The van der Waals surface area contributed by atoms with Gasteiger partial charge in [0.15, 0.2) is 0 Å². The molecule has 0 aromatic heterocycles. The van der Waals surface area contributed by atoms with Gasteiger partial charge in [0.25, 0.3) is 5.91 Å². The van der Waals surface area contributed by atoms with Crippen molar-refractivity contribution in [2.75, 3.05) is 26.7 Å². The van der Waals surface area contributed by atoms with Crippen LogP contribution in [0, 0.1) is 18.7 Å². The zero-order valence-electron chi connectivity index (χ0n) is 26.9. The Bertz CT molecular complexity index is 1110. The Labute approximate surface area is 266 Å². The number of carbonyl (C=O) groups excluding carboxylic acids is 1. The predicted octanol–water partition coefficient (Wildman–Crippen LogP) is 9.81. The molecule has 0 atom stereocenters. The molecule has 4 rings (SSSR count). The summed E-state index contributed by atoms with van der Waals surface area (Å²) in [6.07, 6.45) is 11.2. The molecule has 1 saturated carbocycles. The minimum absolute atomic E-state index is 0.0285. The van der Waals surface area contributed by atoms with Crippen LogP contribution in [0.15, 0.2) is 30.3 Å². The van der Waals surface area contributed by atoms with Crippen LogP contribution in [0.3, 0.4) is 0 Å². The summed E-state index contributed by atoms with van der Waals surface area (Å²) in [7, 11) is 2.10. The molecule has 1 saturated heterocycles. The molecule has 1 heterocycles. The molecule has 2 fully saturated rings. The topological polar surface area (TPSA) is 53.0 Å². The van der Waals surface area contributed by atoms with Crippen LogP contribution >= 0.6 is 11.6 Å². The number of nitrogens with zero attached hydrogens (tertiary/aromatic N) is 2. The molecule has 2 aromatic carbocycles. The second-order valence-corrected chi connectivity index (χ2v) is 10.4. The molecule has 1 amide bonds. The van der Waals surface area contributed by atoms with Crippen LogP contribution in [-0.2, 0) is 6.54 Å². The molecule has 5 nitrogen and oxygen atoms in total. The van der Waals surface area contributed by atoms with Gasteiger partial charge < -0.3 is 19.6 Å².